The monoisotopic (exact) mass is 294 g/mol. The zero-order valence-electron chi connectivity index (χ0n) is 12.5. The largest absolute Gasteiger partial charge is 0.496 e. The van der Waals surface area contributed by atoms with Gasteiger partial charge in [0, 0.05) is 5.56 Å². The maximum atomic E-state index is 5.37. The van der Waals surface area contributed by atoms with Gasteiger partial charge in [0.25, 0.3) is 0 Å². The normalized spacial score (nSPS) is 10.2. The molecular weight excluding hydrogens is 276 g/mol. The van der Waals surface area contributed by atoms with E-state index in [1.165, 1.54) is 0 Å². The Hall–Kier alpha value is -2.93. The molecule has 0 fully saturated rings. The van der Waals surface area contributed by atoms with E-state index in [1.54, 1.807) is 13.3 Å². The molecule has 0 unspecified atom stereocenters. The molecule has 0 aliphatic carbocycles. The zero-order chi connectivity index (χ0) is 15.6. The third kappa shape index (κ3) is 4.57. The van der Waals surface area contributed by atoms with Gasteiger partial charge in [0.1, 0.15) is 18.1 Å². The summed E-state index contributed by atoms with van der Waals surface area (Å²) in [6, 6.07) is 15.4. The molecule has 2 rings (SSSR count). The third-order valence-electron chi connectivity index (χ3n) is 2.95. The fourth-order valence-corrected chi connectivity index (χ4v) is 1.91. The van der Waals surface area contributed by atoms with Gasteiger partial charge in [0.2, 0.25) is 0 Å². The molecule has 0 aliphatic heterocycles. The molecule has 4 nitrogen and oxygen atoms in total. The van der Waals surface area contributed by atoms with Crippen molar-refractivity contribution >= 4 is 6.21 Å². The van der Waals surface area contributed by atoms with E-state index in [-0.39, 0.29) is 6.61 Å². The average molecular weight is 294 g/mol. The maximum absolute atomic E-state index is 5.37. The molecule has 4 heteroatoms. The van der Waals surface area contributed by atoms with Crippen LogP contribution in [0.1, 0.15) is 11.1 Å². The average Bonchev–Trinajstić information content (AvgIpc) is 2.57. The minimum Gasteiger partial charge on any atom is -0.496 e. The lowest BCUT2D eigenvalue weighted by Gasteiger charge is -2.07. The van der Waals surface area contributed by atoms with Crippen molar-refractivity contribution in [1.29, 1.82) is 0 Å². The van der Waals surface area contributed by atoms with Crippen LogP contribution >= 0.6 is 0 Å². The highest BCUT2D eigenvalue weighted by Gasteiger charge is 1.99. The van der Waals surface area contributed by atoms with E-state index in [9.17, 15) is 0 Å². The number of terminal acetylenes is 1. The Morgan fingerprint density at radius 2 is 2.09 bits per heavy atom. The summed E-state index contributed by atoms with van der Waals surface area (Å²) in [5, 5.41) is 4.21. The van der Waals surface area contributed by atoms with Crippen LogP contribution in [0.15, 0.2) is 53.6 Å². The van der Waals surface area contributed by atoms with Gasteiger partial charge in [-0.15, -0.1) is 6.42 Å². The Bertz CT molecular complexity index is 675. The van der Waals surface area contributed by atoms with Crippen molar-refractivity contribution < 1.29 is 9.47 Å². The SMILES string of the molecule is C#CCOc1cccc(/C=N/NCc2ccccc2OC)c1. The van der Waals surface area contributed by atoms with E-state index in [0.29, 0.717) is 6.54 Å². The van der Waals surface area contributed by atoms with E-state index < -0.39 is 0 Å². The molecule has 0 spiro atoms. The highest BCUT2D eigenvalue weighted by atomic mass is 16.5. The highest BCUT2D eigenvalue weighted by molar-refractivity contribution is 5.79. The van der Waals surface area contributed by atoms with Crippen LogP contribution in [0.25, 0.3) is 0 Å². The Morgan fingerprint density at radius 3 is 2.91 bits per heavy atom. The van der Waals surface area contributed by atoms with E-state index in [0.717, 1.165) is 22.6 Å². The first-order chi connectivity index (χ1) is 10.8. The number of benzene rings is 2. The summed E-state index contributed by atoms with van der Waals surface area (Å²) in [6.45, 7) is 0.848. The van der Waals surface area contributed by atoms with Gasteiger partial charge >= 0.3 is 0 Å². The van der Waals surface area contributed by atoms with Gasteiger partial charge in [-0.2, -0.15) is 5.10 Å². The fraction of sp³-hybridized carbons (Fsp3) is 0.167. The maximum Gasteiger partial charge on any atom is 0.148 e. The molecule has 0 bridgehead atoms. The molecule has 22 heavy (non-hydrogen) atoms. The lowest BCUT2D eigenvalue weighted by molar-refractivity contribution is 0.370. The highest BCUT2D eigenvalue weighted by Crippen LogP contribution is 2.16. The first-order valence-corrected chi connectivity index (χ1v) is 6.87. The van der Waals surface area contributed by atoms with Gasteiger partial charge in [0.05, 0.1) is 19.9 Å². The van der Waals surface area contributed by atoms with Crippen molar-refractivity contribution in [3.05, 3.63) is 59.7 Å². The van der Waals surface area contributed by atoms with Crippen LogP contribution in [-0.4, -0.2) is 19.9 Å². The van der Waals surface area contributed by atoms with Crippen molar-refractivity contribution in [3.8, 4) is 23.8 Å². The van der Waals surface area contributed by atoms with Crippen LogP contribution in [0.3, 0.4) is 0 Å². The molecular formula is C18H18N2O2. The lowest BCUT2D eigenvalue weighted by Crippen LogP contribution is -2.06. The van der Waals surface area contributed by atoms with E-state index in [2.05, 4.69) is 16.4 Å². The van der Waals surface area contributed by atoms with Gasteiger partial charge < -0.3 is 14.9 Å². The predicted molar refractivity (Wildman–Crippen MR) is 88.2 cm³/mol. The molecule has 112 valence electrons. The number of methoxy groups -OCH3 is 1. The Balaban J connectivity index is 1.91. The Labute approximate surface area is 130 Å². The summed E-state index contributed by atoms with van der Waals surface area (Å²) in [6.07, 6.45) is 6.90. The molecule has 2 aromatic carbocycles. The quantitative estimate of drug-likeness (QED) is 0.485. The predicted octanol–water partition coefficient (Wildman–Crippen LogP) is 2.83. The summed E-state index contributed by atoms with van der Waals surface area (Å²) >= 11 is 0. The van der Waals surface area contributed by atoms with Crippen LogP contribution in [-0.2, 0) is 6.54 Å². The van der Waals surface area contributed by atoms with Crippen molar-refractivity contribution in [1.82, 2.24) is 5.43 Å². The van der Waals surface area contributed by atoms with Crippen LogP contribution in [0, 0.1) is 12.3 Å². The number of hydrogen-bond donors (Lipinski definition) is 1. The summed E-state index contributed by atoms with van der Waals surface area (Å²) in [5.74, 6) is 4.01. The summed E-state index contributed by atoms with van der Waals surface area (Å²) in [5.41, 5.74) is 4.99. The standard InChI is InChI=1S/C18H18N2O2/c1-3-11-22-17-9-6-7-15(12-17)13-19-20-14-16-8-4-5-10-18(16)21-2/h1,4-10,12-13,20H,11,14H2,2H3/b19-13+. The number of nitrogens with one attached hydrogen (secondary N) is 1. The molecule has 0 heterocycles. The van der Waals surface area contributed by atoms with E-state index >= 15 is 0 Å². The molecule has 2 aromatic rings. The van der Waals surface area contributed by atoms with Gasteiger partial charge in [0.15, 0.2) is 0 Å². The number of para-hydroxylation sites is 1. The third-order valence-corrected chi connectivity index (χ3v) is 2.95. The topological polar surface area (TPSA) is 42.8 Å². The van der Waals surface area contributed by atoms with Gasteiger partial charge in [-0.25, -0.2) is 0 Å². The number of ether oxygens (including phenoxy) is 2. The van der Waals surface area contributed by atoms with E-state index in [4.69, 9.17) is 15.9 Å². The second-order valence-corrected chi connectivity index (χ2v) is 4.47. The lowest BCUT2D eigenvalue weighted by atomic mass is 10.2. The number of hydrogen-bond acceptors (Lipinski definition) is 4. The van der Waals surface area contributed by atoms with E-state index in [1.807, 2.05) is 48.5 Å². The minimum absolute atomic E-state index is 0.257. The number of hydrazone groups is 1. The van der Waals surface area contributed by atoms with Crippen LogP contribution in [0.2, 0.25) is 0 Å². The van der Waals surface area contributed by atoms with Crippen molar-refractivity contribution in [2.75, 3.05) is 13.7 Å². The van der Waals surface area contributed by atoms with Crippen molar-refractivity contribution in [2.24, 2.45) is 5.10 Å². The second kappa shape index (κ2) is 8.38. The molecule has 0 aliphatic rings. The van der Waals surface area contributed by atoms with Crippen molar-refractivity contribution in [3.63, 3.8) is 0 Å². The van der Waals surface area contributed by atoms with Crippen LogP contribution in [0.4, 0.5) is 0 Å². The minimum atomic E-state index is 0.257. The van der Waals surface area contributed by atoms with Gasteiger partial charge in [-0.05, 0) is 23.8 Å². The second-order valence-electron chi connectivity index (χ2n) is 4.47. The molecule has 0 saturated heterocycles. The zero-order valence-corrected chi connectivity index (χ0v) is 12.5. The smallest absolute Gasteiger partial charge is 0.148 e. The number of rotatable bonds is 7. The first kappa shape index (κ1) is 15.5. The Kier molecular flexibility index (Phi) is 5.89. The van der Waals surface area contributed by atoms with Crippen LogP contribution in [0.5, 0.6) is 11.5 Å². The summed E-state index contributed by atoms with van der Waals surface area (Å²) in [7, 11) is 1.66. The van der Waals surface area contributed by atoms with Crippen molar-refractivity contribution in [2.45, 2.75) is 6.54 Å². The summed E-state index contributed by atoms with van der Waals surface area (Å²) < 4.78 is 10.7. The van der Waals surface area contributed by atoms with Gasteiger partial charge in [-0.3, -0.25) is 0 Å². The molecule has 0 atom stereocenters. The molecule has 0 radical (unpaired) electrons. The fourth-order valence-electron chi connectivity index (χ4n) is 1.91. The molecule has 0 saturated carbocycles. The molecule has 1 N–H and O–H groups in total. The first-order valence-electron chi connectivity index (χ1n) is 6.87. The van der Waals surface area contributed by atoms with Gasteiger partial charge in [-0.1, -0.05) is 36.3 Å². The number of nitrogens with zero attached hydrogens (tertiary/aromatic N) is 1. The Morgan fingerprint density at radius 1 is 1.23 bits per heavy atom. The summed E-state index contributed by atoms with van der Waals surface area (Å²) in [4.78, 5) is 0. The molecule has 0 aromatic heterocycles. The van der Waals surface area contributed by atoms with Crippen LogP contribution < -0.4 is 14.9 Å². The molecule has 0 amide bonds.